The third-order valence-electron chi connectivity index (χ3n) is 6.94. The highest BCUT2D eigenvalue weighted by molar-refractivity contribution is 6.88. The molecule has 2 unspecified atom stereocenters. The van der Waals surface area contributed by atoms with Crippen LogP contribution in [0.1, 0.15) is 56.4 Å². The Hall–Kier alpha value is -1.29. The van der Waals surface area contributed by atoms with Crippen LogP contribution in [0, 0.1) is 0 Å². The third-order valence-corrected chi connectivity index (χ3v) is 8.99. The van der Waals surface area contributed by atoms with Gasteiger partial charge < -0.3 is 9.80 Å². The molecule has 1 amide bonds. The summed E-state index contributed by atoms with van der Waals surface area (Å²) in [4.78, 5) is 16.2. The van der Waals surface area contributed by atoms with Gasteiger partial charge >= 0.3 is 0 Å². The number of fused-ring (bicyclic) bond motifs is 2. The molecule has 0 spiro atoms. The zero-order valence-electron chi connectivity index (χ0n) is 16.7. The molecule has 26 heavy (non-hydrogen) atoms. The molecule has 0 saturated carbocycles. The van der Waals surface area contributed by atoms with Crippen molar-refractivity contribution in [3.05, 3.63) is 23.8 Å². The summed E-state index contributed by atoms with van der Waals surface area (Å²) in [6, 6.07) is 8.37. The summed E-state index contributed by atoms with van der Waals surface area (Å²) in [5.41, 5.74) is 3.09. The SMILES string of the molecule is C[Si](C)(C)c1ccc(C2CC3CCC(C2)N3C=O)c(N2CCCCC2)c1. The Balaban J connectivity index is 1.68. The molecule has 2 atom stereocenters. The first-order chi connectivity index (χ1) is 12.5. The van der Waals surface area contributed by atoms with Crippen molar-refractivity contribution in [3.63, 3.8) is 0 Å². The normalized spacial score (nSPS) is 29.1. The van der Waals surface area contributed by atoms with Crippen molar-refractivity contribution in [2.75, 3.05) is 18.0 Å². The van der Waals surface area contributed by atoms with Gasteiger partial charge in [0.15, 0.2) is 0 Å². The summed E-state index contributed by atoms with van der Waals surface area (Å²) >= 11 is 0. The van der Waals surface area contributed by atoms with Crippen molar-refractivity contribution < 1.29 is 4.79 Å². The maximum absolute atomic E-state index is 11.5. The Morgan fingerprint density at radius 1 is 1.00 bits per heavy atom. The molecule has 0 N–H and O–H groups in total. The molecule has 2 bridgehead atoms. The standard InChI is InChI=1S/C22H34N2OSi/c1-26(2,3)20-9-10-21(22(15-20)23-11-5-4-6-12-23)17-13-18-7-8-19(14-17)24(18)16-25/h9-10,15-19H,4-8,11-14H2,1-3H3. The lowest BCUT2D eigenvalue weighted by atomic mass is 9.84. The van der Waals surface area contributed by atoms with Gasteiger partial charge in [0.1, 0.15) is 0 Å². The number of carbonyl (C=O) groups is 1. The first-order valence-electron chi connectivity index (χ1n) is 10.6. The summed E-state index contributed by atoms with van der Waals surface area (Å²) in [6.45, 7) is 9.77. The van der Waals surface area contributed by atoms with Crippen molar-refractivity contribution in [1.82, 2.24) is 4.90 Å². The number of benzene rings is 1. The van der Waals surface area contributed by atoms with E-state index in [1.165, 1.54) is 50.9 Å². The highest BCUT2D eigenvalue weighted by Crippen LogP contribution is 2.44. The van der Waals surface area contributed by atoms with E-state index < -0.39 is 8.07 Å². The summed E-state index contributed by atoms with van der Waals surface area (Å²) < 4.78 is 0. The van der Waals surface area contributed by atoms with Gasteiger partial charge in [0.2, 0.25) is 6.41 Å². The highest BCUT2D eigenvalue weighted by atomic mass is 28.3. The zero-order valence-corrected chi connectivity index (χ0v) is 17.7. The third kappa shape index (κ3) is 3.33. The molecule has 3 heterocycles. The van der Waals surface area contributed by atoms with Crippen molar-refractivity contribution in [1.29, 1.82) is 0 Å². The van der Waals surface area contributed by atoms with Gasteiger partial charge in [-0.3, -0.25) is 4.79 Å². The van der Waals surface area contributed by atoms with Gasteiger partial charge in [-0.2, -0.15) is 0 Å². The molecule has 4 heteroatoms. The van der Waals surface area contributed by atoms with Crippen LogP contribution in [0.2, 0.25) is 19.6 Å². The van der Waals surface area contributed by atoms with Gasteiger partial charge in [-0.15, -0.1) is 0 Å². The predicted octanol–water partition coefficient (Wildman–Crippen LogP) is 4.09. The van der Waals surface area contributed by atoms with Crippen LogP contribution in [0.3, 0.4) is 0 Å². The Labute approximate surface area is 159 Å². The fourth-order valence-corrected chi connectivity index (χ4v) is 6.56. The molecular formula is C22H34N2OSi. The Kier molecular flexibility index (Phi) is 4.89. The predicted molar refractivity (Wildman–Crippen MR) is 112 cm³/mol. The molecule has 3 aliphatic heterocycles. The minimum absolute atomic E-state index is 0.474. The van der Waals surface area contributed by atoms with E-state index in [0.29, 0.717) is 18.0 Å². The molecule has 3 fully saturated rings. The Morgan fingerprint density at radius 3 is 2.23 bits per heavy atom. The number of rotatable bonds is 4. The molecule has 3 aliphatic rings. The van der Waals surface area contributed by atoms with Gasteiger partial charge in [-0.25, -0.2) is 0 Å². The Bertz CT molecular complexity index is 649. The van der Waals surface area contributed by atoms with Crippen LogP contribution in [-0.2, 0) is 4.79 Å². The van der Waals surface area contributed by atoms with Crippen LogP contribution < -0.4 is 10.1 Å². The number of anilines is 1. The van der Waals surface area contributed by atoms with Crippen molar-refractivity contribution in [3.8, 4) is 0 Å². The molecule has 1 aromatic carbocycles. The first kappa shape index (κ1) is 18.1. The minimum atomic E-state index is -1.31. The molecule has 0 radical (unpaired) electrons. The second kappa shape index (κ2) is 7.03. The van der Waals surface area contributed by atoms with Crippen molar-refractivity contribution >= 4 is 25.4 Å². The van der Waals surface area contributed by atoms with Crippen LogP contribution in [0.25, 0.3) is 0 Å². The minimum Gasteiger partial charge on any atom is -0.371 e. The monoisotopic (exact) mass is 370 g/mol. The molecule has 1 aromatic rings. The van der Waals surface area contributed by atoms with Crippen LogP contribution in [0.4, 0.5) is 5.69 Å². The number of hydrogen-bond acceptors (Lipinski definition) is 2. The van der Waals surface area contributed by atoms with E-state index in [2.05, 4.69) is 47.6 Å². The summed E-state index contributed by atoms with van der Waals surface area (Å²) in [7, 11) is -1.31. The van der Waals surface area contributed by atoms with Crippen LogP contribution in [0.5, 0.6) is 0 Å². The summed E-state index contributed by atoms with van der Waals surface area (Å²) in [5, 5.41) is 1.58. The Morgan fingerprint density at radius 2 is 1.65 bits per heavy atom. The second-order valence-corrected chi connectivity index (χ2v) is 14.8. The maximum atomic E-state index is 11.5. The average molecular weight is 371 g/mol. The lowest BCUT2D eigenvalue weighted by Crippen LogP contribution is -2.42. The maximum Gasteiger partial charge on any atom is 0.210 e. The lowest BCUT2D eigenvalue weighted by Gasteiger charge is -2.39. The fraction of sp³-hybridized carbons (Fsp3) is 0.682. The van der Waals surface area contributed by atoms with Crippen LogP contribution in [-0.4, -0.2) is 44.6 Å². The van der Waals surface area contributed by atoms with Gasteiger partial charge in [-0.05, 0) is 62.5 Å². The molecule has 4 rings (SSSR count). The number of piperidine rings is 2. The van der Waals surface area contributed by atoms with E-state index in [-0.39, 0.29) is 0 Å². The average Bonchev–Trinajstić information content (AvgIpc) is 2.89. The topological polar surface area (TPSA) is 23.6 Å². The van der Waals surface area contributed by atoms with E-state index >= 15 is 0 Å². The number of amides is 1. The van der Waals surface area contributed by atoms with Gasteiger partial charge in [0.05, 0.1) is 8.07 Å². The molecule has 0 aromatic heterocycles. The molecule has 3 nitrogen and oxygen atoms in total. The van der Waals surface area contributed by atoms with E-state index in [0.717, 1.165) is 19.3 Å². The van der Waals surface area contributed by atoms with E-state index in [1.807, 2.05) is 0 Å². The fourth-order valence-electron chi connectivity index (χ4n) is 5.40. The highest BCUT2D eigenvalue weighted by Gasteiger charge is 2.41. The van der Waals surface area contributed by atoms with Crippen LogP contribution >= 0.6 is 0 Å². The molecule has 142 valence electrons. The van der Waals surface area contributed by atoms with Gasteiger partial charge in [0.25, 0.3) is 0 Å². The van der Waals surface area contributed by atoms with E-state index in [1.54, 1.807) is 10.8 Å². The number of carbonyl (C=O) groups excluding carboxylic acids is 1. The van der Waals surface area contributed by atoms with E-state index in [9.17, 15) is 4.79 Å². The van der Waals surface area contributed by atoms with Gasteiger partial charge in [0, 0.05) is 30.9 Å². The quantitative estimate of drug-likeness (QED) is 0.589. The molecule has 3 saturated heterocycles. The number of nitrogens with zero attached hydrogens (tertiary/aromatic N) is 2. The second-order valence-electron chi connectivity index (χ2n) is 9.68. The van der Waals surface area contributed by atoms with Gasteiger partial charge in [-0.1, -0.05) is 37.0 Å². The largest absolute Gasteiger partial charge is 0.371 e. The lowest BCUT2D eigenvalue weighted by molar-refractivity contribution is -0.122. The molecular weight excluding hydrogens is 336 g/mol. The molecule has 0 aliphatic carbocycles. The first-order valence-corrected chi connectivity index (χ1v) is 14.1. The summed E-state index contributed by atoms with van der Waals surface area (Å²) in [6.07, 6.45) is 9.85. The van der Waals surface area contributed by atoms with Crippen LogP contribution in [0.15, 0.2) is 18.2 Å². The van der Waals surface area contributed by atoms with E-state index in [4.69, 9.17) is 0 Å². The van der Waals surface area contributed by atoms with Crippen molar-refractivity contribution in [2.45, 2.75) is 82.6 Å². The summed E-state index contributed by atoms with van der Waals surface area (Å²) in [5.74, 6) is 0.622. The van der Waals surface area contributed by atoms with Crippen molar-refractivity contribution in [2.24, 2.45) is 0 Å². The number of hydrogen-bond donors (Lipinski definition) is 0. The smallest absolute Gasteiger partial charge is 0.210 e. The zero-order chi connectivity index (χ0) is 18.3.